The predicted octanol–water partition coefficient (Wildman–Crippen LogP) is 3.86. The fraction of sp³-hybridized carbons (Fsp3) is 0.486. The normalized spacial score (nSPS) is 21.0. The average Bonchev–Trinajstić information content (AvgIpc) is 3.84. The Morgan fingerprint density at radius 1 is 1.16 bits per heavy atom. The van der Waals surface area contributed by atoms with E-state index in [1.54, 1.807) is 4.90 Å². The predicted molar refractivity (Wildman–Crippen MR) is 173 cm³/mol. The van der Waals surface area contributed by atoms with Gasteiger partial charge in [-0.1, -0.05) is 36.9 Å². The molecule has 4 heterocycles. The third-order valence-corrected chi connectivity index (χ3v) is 9.95. The molecule has 0 bridgehead atoms. The number of nitriles is 1. The van der Waals surface area contributed by atoms with E-state index in [0.717, 1.165) is 63.6 Å². The molecule has 1 aliphatic carbocycles. The van der Waals surface area contributed by atoms with Crippen LogP contribution in [0.1, 0.15) is 36.1 Å². The second-order valence-corrected chi connectivity index (χ2v) is 12.7. The van der Waals surface area contributed by atoms with E-state index in [1.165, 1.54) is 33.7 Å². The van der Waals surface area contributed by atoms with Gasteiger partial charge in [0, 0.05) is 67.9 Å². The van der Waals surface area contributed by atoms with Crippen molar-refractivity contribution < 1.29 is 14.3 Å². The van der Waals surface area contributed by atoms with Crippen molar-refractivity contribution in [1.82, 2.24) is 19.8 Å². The molecule has 7 rings (SSSR count). The van der Waals surface area contributed by atoms with Crippen molar-refractivity contribution >= 4 is 28.2 Å². The second kappa shape index (κ2) is 12.3. The fourth-order valence-corrected chi connectivity index (χ4v) is 7.36. The Kier molecular flexibility index (Phi) is 8.06. The van der Waals surface area contributed by atoms with Crippen molar-refractivity contribution in [3.8, 4) is 12.1 Å². The van der Waals surface area contributed by atoms with Crippen molar-refractivity contribution in [3.63, 3.8) is 0 Å². The van der Waals surface area contributed by atoms with Crippen LogP contribution in [0.2, 0.25) is 0 Å². The molecule has 10 nitrogen and oxygen atoms in total. The zero-order valence-electron chi connectivity index (χ0n) is 26.1. The first-order valence-corrected chi connectivity index (χ1v) is 16.1. The van der Waals surface area contributed by atoms with Crippen molar-refractivity contribution in [2.24, 2.45) is 0 Å². The molecule has 3 aromatic rings. The second-order valence-electron chi connectivity index (χ2n) is 12.7. The van der Waals surface area contributed by atoms with Crippen LogP contribution in [0.15, 0.2) is 49.1 Å². The quantitative estimate of drug-likeness (QED) is 0.354. The lowest BCUT2D eigenvalue weighted by atomic mass is 9.92. The highest BCUT2D eigenvalue weighted by atomic mass is 16.5. The minimum atomic E-state index is -0.237. The molecule has 1 aromatic heterocycles. The monoisotopic (exact) mass is 607 g/mol. The maximum Gasteiger partial charge on any atom is 0.318 e. The summed E-state index contributed by atoms with van der Waals surface area (Å²) >= 11 is 0. The molecular formula is C35H41N7O3. The van der Waals surface area contributed by atoms with Gasteiger partial charge >= 0.3 is 6.01 Å². The molecule has 1 atom stereocenters. The molecule has 3 fully saturated rings. The minimum Gasteiger partial charge on any atom is -0.462 e. The maximum atomic E-state index is 12.6. The maximum absolute atomic E-state index is 12.6. The summed E-state index contributed by atoms with van der Waals surface area (Å²) < 4.78 is 11.8. The number of anilines is 2. The van der Waals surface area contributed by atoms with Crippen LogP contribution >= 0.6 is 0 Å². The lowest BCUT2D eigenvalue weighted by molar-refractivity contribution is -0.128. The number of morpholine rings is 1. The van der Waals surface area contributed by atoms with E-state index >= 15 is 0 Å². The number of aryl methyl sites for hydroxylation is 1. The van der Waals surface area contributed by atoms with Gasteiger partial charge < -0.3 is 24.2 Å². The first-order chi connectivity index (χ1) is 22.0. The minimum absolute atomic E-state index is 0.0209. The molecule has 2 aromatic carbocycles. The Labute approximate surface area is 264 Å². The molecule has 10 heteroatoms. The highest BCUT2D eigenvalue weighted by molar-refractivity contribution is 5.97. The van der Waals surface area contributed by atoms with Crippen LogP contribution in [0.5, 0.6) is 6.01 Å². The van der Waals surface area contributed by atoms with Crippen LogP contribution in [0.4, 0.5) is 11.5 Å². The summed E-state index contributed by atoms with van der Waals surface area (Å²) in [7, 11) is 0. The van der Waals surface area contributed by atoms with Crippen LogP contribution in [0.3, 0.4) is 0 Å². The van der Waals surface area contributed by atoms with E-state index in [2.05, 4.69) is 70.7 Å². The third kappa shape index (κ3) is 5.71. The molecule has 1 saturated carbocycles. The summed E-state index contributed by atoms with van der Waals surface area (Å²) in [5, 5.41) is 12.2. The number of nitrogens with zero attached hydrogens (tertiary/aromatic N) is 7. The molecule has 2 saturated heterocycles. The summed E-state index contributed by atoms with van der Waals surface area (Å²) in [4.78, 5) is 31.7. The number of hydrogen-bond donors (Lipinski definition) is 0. The fourth-order valence-electron chi connectivity index (χ4n) is 7.36. The number of carbonyl (C=O) groups is 1. The van der Waals surface area contributed by atoms with Crippen LogP contribution in [-0.2, 0) is 22.5 Å². The van der Waals surface area contributed by atoms with Crippen LogP contribution in [0.25, 0.3) is 10.8 Å². The van der Waals surface area contributed by atoms with Crippen molar-refractivity contribution in [1.29, 1.82) is 5.26 Å². The van der Waals surface area contributed by atoms with Gasteiger partial charge in [0.1, 0.15) is 12.4 Å². The molecule has 1 spiro atoms. The van der Waals surface area contributed by atoms with Gasteiger partial charge in [-0.25, -0.2) is 0 Å². The lowest BCUT2D eigenvalue weighted by Crippen LogP contribution is -2.55. The van der Waals surface area contributed by atoms with Crippen LogP contribution in [-0.4, -0.2) is 96.3 Å². The topological polar surface area (TPSA) is 98.1 Å². The summed E-state index contributed by atoms with van der Waals surface area (Å²) in [6.45, 7) is 12.8. The van der Waals surface area contributed by atoms with E-state index in [0.29, 0.717) is 38.8 Å². The number of hydrogen-bond acceptors (Lipinski definition) is 9. The van der Waals surface area contributed by atoms with E-state index in [4.69, 9.17) is 19.4 Å². The van der Waals surface area contributed by atoms with Gasteiger partial charge in [-0.15, -0.1) is 0 Å². The van der Waals surface area contributed by atoms with E-state index < -0.39 is 0 Å². The zero-order chi connectivity index (χ0) is 31.0. The zero-order valence-corrected chi connectivity index (χ0v) is 26.1. The average molecular weight is 608 g/mol. The number of rotatable bonds is 8. The van der Waals surface area contributed by atoms with Gasteiger partial charge in [-0.2, -0.15) is 15.2 Å². The summed E-state index contributed by atoms with van der Waals surface area (Å²) in [6, 6.07) is 15.6. The van der Waals surface area contributed by atoms with E-state index in [-0.39, 0.29) is 23.9 Å². The number of amides is 1. The SMILES string of the molecule is C=CC(=O)N1CCN(c2nc(OCCN3CCOCC3)nc3c2CC2(CC2)N(c2cccc4cccc(C)c24)C3)C[C@@H]1CC#N. The Morgan fingerprint density at radius 3 is 2.71 bits per heavy atom. The van der Waals surface area contributed by atoms with E-state index in [9.17, 15) is 10.1 Å². The molecule has 0 radical (unpaired) electrons. The van der Waals surface area contributed by atoms with Crippen molar-refractivity contribution in [2.45, 2.75) is 50.7 Å². The number of piperazine rings is 1. The lowest BCUT2D eigenvalue weighted by Gasteiger charge is -2.44. The van der Waals surface area contributed by atoms with Crippen LogP contribution in [0, 0.1) is 18.3 Å². The highest BCUT2D eigenvalue weighted by Gasteiger charge is 2.52. The first-order valence-electron chi connectivity index (χ1n) is 16.1. The molecule has 3 aliphatic heterocycles. The van der Waals surface area contributed by atoms with Crippen molar-refractivity contribution in [2.75, 3.05) is 68.9 Å². The largest absolute Gasteiger partial charge is 0.462 e. The number of aromatic nitrogens is 2. The molecular weight excluding hydrogens is 566 g/mol. The van der Waals surface area contributed by atoms with Gasteiger partial charge in [0.2, 0.25) is 5.91 Å². The van der Waals surface area contributed by atoms with Gasteiger partial charge in [-0.05, 0) is 42.9 Å². The molecule has 0 unspecified atom stereocenters. The van der Waals surface area contributed by atoms with Crippen LogP contribution < -0.4 is 14.5 Å². The smallest absolute Gasteiger partial charge is 0.318 e. The standard InChI is InChI=1S/C35H41N7O3/c1-3-31(43)41-15-14-40(23-27(41)10-13-36)33-28-22-35(11-12-35)42(30-9-5-8-26-7-4-6-25(2)32(26)30)24-29(28)37-34(38-33)45-21-18-39-16-19-44-20-17-39/h3-9,27H,1,10-12,14-24H2,2H3/t27-/m0/s1. The Hall–Kier alpha value is -4.20. The number of carbonyl (C=O) groups excluding carboxylic acids is 1. The number of fused-ring (bicyclic) bond motifs is 2. The van der Waals surface area contributed by atoms with Gasteiger partial charge in [0.05, 0.1) is 44.0 Å². The van der Waals surface area contributed by atoms with E-state index in [1.807, 2.05) is 0 Å². The molecule has 45 heavy (non-hydrogen) atoms. The van der Waals surface area contributed by atoms with Gasteiger partial charge in [0.15, 0.2) is 0 Å². The Bertz CT molecular complexity index is 1640. The molecule has 234 valence electrons. The van der Waals surface area contributed by atoms with Crippen molar-refractivity contribution in [3.05, 3.63) is 65.9 Å². The molecule has 1 amide bonds. The molecule has 0 N–H and O–H groups in total. The van der Waals surface area contributed by atoms with Gasteiger partial charge in [0.25, 0.3) is 0 Å². The number of ether oxygens (including phenoxy) is 2. The summed E-state index contributed by atoms with van der Waals surface area (Å²) in [5.41, 5.74) is 4.71. The third-order valence-electron chi connectivity index (χ3n) is 9.95. The first kappa shape index (κ1) is 29.5. The highest BCUT2D eigenvalue weighted by Crippen LogP contribution is 2.53. The number of benzene rings is 2. The van der Waals surface area contributed by atoms with Gasteiger partial charge in [-0.3, -0.25) is 9.69 Å². The summed E-state index contributed by atoms with van der Waals surface area (Å²) in [5.74, 6) is 0.750. The Morgan fingerprint density at radius 2 is 1.96 bits per heavy atom. The molecule has 4 aliphatic rings. The Balaban J connectivity index is 1.24. The summed E-state index contributed by atoms with van der Waals surface area (Å²) in [6.07, 6.45) is 4.68.